The molecule has 2 saturated heterocycles. The predicted octanol–water partition coefficient (Wildman–Crippen LogP) is 4.18. The zero-order chi connectivity index (χ0) is 34.7. The molecule has 6 rings (SSSR count). The molecule has 1 aromatic carbocycles. The van der Waals surface area contributed by atoms with Crippen LogP contribution >= 0.6 is 0 Å². The number of aryl methyl sites for hydroxylation is 1. The molecule has 0 bridgehead atoms. The summed E-state index contributed by atoms with van der Waals surface area (Å²) < 4.78 is 10.6. The van der Waals surface area contributed by atoms with Crippen molar-refractivity contribution in [3.63, 3.8) is 0 Å². The summed E-state index contributed by atoms with van der Waals surface area (Å²) in [6.07, 6.45) is 8.69. The highest BCUT2D eigenvalue weighted by molar-refractivity contribution is 5.81. The normalized spacial score (nSPS) is 29.3. The molecule has 2 amide bonds. The van der Waals surface area contributed by atoms with Gasteiger partial charge in [0.2, 0.25) is 0 Å². The van der Waals surface area contributed by atoms with Gasteiger partial charge >= 0.3 is 18.2 Å². The first-order chi connectivity index (χ1) is 22.0. The number of aliphatic carboxylic acids is 2. The molecule has 0 aromatic heterocycles. The molecule has 2 aliphatic heterocycles. The quantitative estimate of drug-likeness (QED) is 0.478. The van der Waals surface area contributed by atoms with E-state index in [1.165, 1.54) is 40.2 Å². The number of likely N-dealkylation sites (tertiary alicyclic amines) is 2. The van der Waals surface area contributed by atoms with Gasteiger partial charge < -0.3 is 30.2 Å². The first-order valence-corrected chi connectivity index (χ1v) is 17.3. The lowest BCUT2D eigenvalue weighted by molar-refractivity contribution is -0.429. The smallest absolute Gasteiger partial charge is 0.411 e. The van der Waals surface area contributed by atoms with Crippen molar-refractivity contribution in [2.75, 3.05) is 13.1 Å². The molecule has 3 aliphatic carbocycles. The number of carbonyl (C=O) groups is 4. The van der Waals surface area contributed by atoms with Gasteiger partial charge in [-0.2, -0.15) is 0 Å². The zero-order valence-electron chi connectivity index (χ0n) is 29.0. The second-order valence-corrected chi connectivity index (χ2v) is 15.8. The van der Waals surface area contributed by atoms with Crippen LogP contribution in [-0.2, 0) is 25.5 Å². The van der Waals surface area contributed by atoms with Gasteiger partial charge in [-0.1, -0.05) is 37.1 Å². The predicted molar refractivity (Wildman–Crippen MR) is 173 cm³/mol. The Morgan fingerprint density at radius 1 is 0.766 bits per heavy atom. The van der Waals surface area contributed by atoms with Gasteiger partial charge in [-0.25, -0.2) is 14.4 Å². The summed E-state index contributed by atoms with van der Waals surface area (Å²) in [5, 5.41) is 20.6. The summed E-state index contributed by atoms with van der Waals surface area (Å²) >= 11 is 0. The molecule has 2 saturated carbocycles. The third-order valence-corrected chi connectivity index (χ3v) is 10.0. The van der Waals surface area contributed by atoms with E-state index < -0.39 is 47.4 Å². The average molecular weight is 658 g/mol. The maximum Gasteiger partial charge on any atom is 0.411 e. The van der Waals surface area contributed by atoms with Crippen LogP contribution < -0.4 is 10.8 Å². The number of ether oxygens (including phenoxy) is 2. The van der Waals surface area contributed by atoms with Crippen LogP contribution in [-0.4, -0.2) is 75.4 Å². The second-order valence-electron chi connectivity index (χ2n) is 15.8. The highest BCUT2D eigenvalue weighted by Crippen LogP contribution is 2.43. The Morgan fingerprint density at radius 3 is 1.72 bits per heavy atom. The molecule has 2 heterocycles. The Balaban J connectivity index is 0.000000164. The number of fused-ring (bicyclic) bond motifs is 3. The van der Waals surface area contributed by atoms with E-state index in [9.17, 15) is 29.4 Å². The van der Waals surface area contributed by atoms with Crippen molar-refractivity contribution < 1.29 is 44.6 Å². The summed E-state index contributed by atoms with van der Waals surface area (Å²) in [7, 11) is 0. The molecule has 0 radical (unpaired) electrons. The number of hydrogen-bond donors (Lipinski definition) is 2. The van der Waals surface area contributed by atoms with Crippen LogP contribution in [0.3, 0.4) is 0 Å². The lowest BCUT2D eigenvalue weighted by atomic mass is 9.88. The lowest BCUT2D eigenvalue weighted by Gasteiger charge is -2.31. The summed E-state index contributed by atoms with van der Waals surface area (Å²) in [6, 6.07) is 7.71. The Kier molecular flexibility index (Phi) is 11.5. The van der Waals surface area contributed by atoms with Gasteiger partial charge in [0.05, 0.1) is 12.0 Å². The summed E-state index contributed by atoms with van der Waals surface area (Å²) in [5.41, 5.74) is 5.93. The van der Waals surface area contributed by atoms with Gasteiger partial charge in [-0.05, 0) is 109 Å². The third-order valence-electron chi connectivity index (χ3n) is 10.0. The van der Waals surface area contributed by atoms with Crippen LogP contribution in [0.5, 0.6) is 0 Å². The molecule has 262 valence electrons. The number of quaternary nitrogens is 1. The van der Waals surface area contributed by atoms with Crippen LogP contribution in [0, 0.1) is 23.7 Å². The molecule has 0 unspecified atom stereocenters. The molecule has 11 nitrogen and oxygen atoms in total. The maximum atomic E-state index is 12.0. The fourth-order valence-corrected chi connectivity index (χ4v) is 8.10. The number of carbonyl (C=O) groups excluding carboxylic acids is 3. The molecule has 47 heavy (non-hydrogen) atoms. The summed E-state index contributed by atoms with van der Waals surface area (Å²) in [5.74, 6) is -1.29. The highest BCUT2D eigenvalue weighted by atomic mass is 16.6. The number of hydrogen-bond acceptors (Lipinski definition) is 7. The minimum Gasteiger partial charge on any atom is -0.548 e. The van der Waals surface area contributed by atoms with E-state index in [4.69, 9.17) is 9.47 Å². The third kappa shape index (κ3) is 9.18. The van der Waals surface area contributed by atoms with E-state index in [0.717, 1.165) is 38.5 Å². The summed E-state index contributed by atoms with van der Waals surface area (Å²) in [6.45, 7) is 11.7. The minimum absolute atomic E-state index is 0.0440. The monoisotopic (exact) mass is 657 g/mol. The van der Waals surface area contributed by atoms with Crippen molar-refractivity contribution in [2.45, 2.75) is 129 Å². The van der Waals surface area contributed by atoms with Crippen LogP contribution in [0.2, 0.25) is 0 Å². The highest BCUT2D eigenvalue weighted by Gasteiger charge is 2.51. The maximum absolute atomic E-state index is 12.0. The van der Waals surface area contributed by atoms with E-state index in [1.54, 1.807) is 41.5 Å². The Hall–Kier alpha value is -3.34. The van der Waals surface area contributed by atoms with Crippen molar-refractivity contribution in [1.29, 1.82) is 0 Å². The fourth-order valence-electron chi connectivity index (χ4n) is 8.10. The molecular formula is C36H55N3O8. The number of carboxylic acids is 2. The molecule has 5 aliphatic rings. The molecule has 11 heteroatoms. The van der Waals surface area contributed by atoms with Gasteiger partial charge in [0.15, 0.2) is 0 Å². The van der Waals surface area contributed by atoms with Crippen LogP contribution in [0.15, 0.2) is 24.3 Å². The number of rotatable bonds is 2. The number of benzene rings is 1. The number of carboxylic acid groups (broad SMARTS) is 2. The molecule has 1 aromatic rings. The molecule has 7 atom stereocenters. The number of amides is 2. The van der Waals surface area contributed by atoms with Gasteiger partial charge in [-0.15, -0.1) is 0 Å². The topological polar surface area (TPSA) is 164 Å². The van der Waals surface area contributed by atoms with E-state index in [2.05, 4.69) is 30.0 Å². The van der Waals surface area contributed by atoms with Crippen molar-refractivity contribution in [3.8, 4) is 0 Å². The van der Waals surface area contributed by atoms with Gasteiger partial charge in [-0.3, -0.25) is 9.80 Å². The molecular weight excluding hydrogens is 602 g/mol. The van der Waals surface area contributed by atoms with Crippen molar-refractivity contribution in [3.05, 3.63) is 35.4 Å². The van der Waals surface area contributed by atoms with Crippen molar-refractivity contribution >= 4 is 24.1 Å². The van der Waals surface area contributed by atoms with Gasteiger partial charge in [0.1, 0.15) is 23.3 Å². The van der Waals surface area contributed by atoms with E-state index in [1.807, 2.05) is 0 Å². The Bertz CT molecular complexity index is 1220. The van der Waals surface area contributed by atoms with E-state index in [0.29, 0.717) is 31.0 Å². The molecule has 4 fully saturated rings. The van der Waals surface area contributed by atoms with Crippen molar-refractivity contribution in [2.24, 2.45) is 23.7 Å². The van der Waals surface area contributed by atoms with Gasteiger partial charge in [0, 0.05) is 25.1 Å². The van der Waals surface area contributed by atoms with Crippen LogP contribution in [0.1, 0.15) is 110 Å². The van der Waals surface area contributed by atoms with Crippen LogP contribution in [0.4, 0.5) is 9.59 Å². The Labute approximate surface area is 279 Å². The molecule has 0 spiro atoms. The van der Waals surface area contributed by atoms with E-state index in [-0.39, 0.29) is 11.8 Å². The second kappa shape index (κ2) is 14.8. The SMILES string of the molecule is CC(C)(C)OC(=O)N1C[C@@H]2CCC[C@@H]2[C@H]1C(=O)O.CC(C)(C)OC(=O)N1C[C@@H]2CCC[C@@H]2[C@H]1C(=O)[O-].[NH3+][C@H]1CCCc2ccccc21. The van der Waals surface area contributed by atoms with Crippen molar-refractivity contribution in [1.82, 2.24) is 9.80 Å². The minimum atomic E-state index is -1.16. The van der Waals surface area contributed by atoms with Gasteiger partial charge in [0.25, 0.3) is 0 Å². The fraction of sp³-hybridized carbons (Fsp3) is 0.722. The average Bonchev–Trinajstić information content (AvgIpc) is 3.72. The largest absolute Gasteiger partial charge is 0.548 e. The summed E-state index contributed by atoms with van der Waals surface area (Å²) in [4.78, 5) is 49.5. The van der Waals surface area contributed by atoms with E-state index >= 15 is 0 Å². The lowest BCUT2D eigenvalue weighted by Crippen LogP contribution is -2.54. The number of nitrogens with zero attached hydrogens (tertiary/aromatic N) is 2. The Morgan fingerprint density at radius 2 is 1.26 bits per heavy atom. The molecule has 4 N–H and O–H groups in total. The first kappa shape index (κ1) is 36.5. The first-order valence-electron chi connectivity index (χ1n) is 17.3. The zero-order valence-corrected chi connectivity index (χ0v) is 29.0. The standard InChI is InChI=1S/2C13H21NO4.C10H13N/c2*1-13(2,3)18-12(17)14-7-8-5-4-6-9(8)10(14)11(15)16;11-10-7-3-5-8-4-1-2-6-9(8)10/h2*8-10H,4-7H2,1-3H3,(H,15,16);1-2,4,6,10H,3,5,7,11H2/t2*8-,9-,10-;10-/m000/s1. The van der Waals surface area contributed by atoms with Crippen LogP contribution in [0.25, 0.3) is 0 Å².